The summed E-state index contributed by atoms with van der Waals surface area (Å²) in [6.45, 7) is 4.31. The number of hydrogen-bond donors (Lipinski definition) is 2. The van der Waals surface area contributed by atoms with Crippen LogP contribution < -0.4 is 11.1 Å². The molecule has 1 rings (SSSR count). The summed E-state index contributed by atoms with van der Waals surface area (Å²) >= 11 is 0. The summed E-state index contributed by atoms with van der Waals surface area (Å²) in [6.07, 6.45) is 5.95. The van der Waals surface area contributed by atoms with Crippen molar-refractivity contribution in [1.29, 1.82) is 0 Å². The Labute approximate surface area is 97.9 Å². The minimum absolute atomic E-state index is 0.0200. The van der Waals surface area contributed by atoms with Gasteiger partial charge in [0.2, 0.25) is 5.91 Å². The molecule has 16 heavy (non-hydrogen) atoms. The number of nitrogens with one attached hydrogen (secondary N) is 1. The summed E-state index contributed by atoms with van der Waals surface area (Å²) in [7, 11) is 0. The molecule has 0 aliphatic heterocycles. The minimum atomic E-state index is -0.413. The second kappa shape index (κ2) is 6.21. The van der Waals surface area contributed by atoms with Crippen LogP contribution in [0.25, 0.3) is 0 Å². The fourth-order valence-electron chi connectivity index (χ4n) is 1.84. The van der Waals surface area contributed by atoms with Gasteiger partial charge in [-0.15, -0.1) is 0 Å². The van der Waals surface area contributed by atoms with Crippen LogP contribution in [0.15, 0.2) is 0 Å². The van der Waals surface area contributed by atoms with E-state index in [9.17, 15) is 4.79 Å². The summed E-state index contributed by atoms with van der Waals surface area (Å²) in [5.41, 5.74) is 5.11. The van der Waals surface area contributed by atoms with Crippen molar-refractivity contribution in [2.45, 2.75) is 57.6 Å². The first-order valence-corrected chi connectivity index (χ1v) is 6.17. The van der Waals surface area contributed by atoms with E-state index in [4.69, 9.17) is 10.5 Å². The van der Waals surface area contributed by atoms with Crippen molar-refractivity contribution in [3.8, 4) is 0 Å². The number of nitrogens with two attached hydrogens (primary N) is 1. The molecule has 1 fully saturated rings. The van der Waals surface area contributed by atoms with Crippen molar-refractivity contribution in [3.05, 3.63) is 0 Å². The molecular formula is C12H24N2O2. The van der Waals surface area contributed by atoms with E-state index < -0.39 is 5.60 Å². The van der Waals surface area contributed by atoms with Gasteiger partial charge in [0, 0.05) is 12.6 Å². The molecule has 0 aromatic rings. The molecule has 0 bridgehead atoms. The summed E-state index contributed by atoms with van der Waals surface area (Å²) in [5, 5.41) is 3.01. The predicted octanol–water partition coefficient (Wildman–Crippen LogP) is 1.19. The molecule has 1 aliphatic rings. The van der Waals surface area contributed by atoms with Crippen LogP contribution in [0, 0.1) is 0 Å². The summed E-state index contributed by atoms with van der Waals surface area (Å²) in [4.78, 5) is 11.6. The van der Waals surface area contributed by atoms with Gasteiger partial charge < -0.3 is 15.8 Å². The minimum Gasteiger partial charge on any atom is -0.364 e. The lowest BCUT2D eigenvalue weighted by Gasteiger charge is -2.25. The molecule has 1 amide bonds. The highest BCUT2D eigenvalue weighted by molar-refractivity contribution is 5.77. The zero-order valence-electron chi connectivity index (χ0n) is 10.4. The lowest BCUT2D eigenvalue weighted by Crippen LogP contribution is -2.42. The standard InChI is InChI=1S/C12H24N2O2/c1-12(2,9-13)16-8-11(15)14-10-6-4-3-5-7-10/h10H,3-9,13H2,1-2H3,(H,14,15). The topological polar surface area (TPSA) is 64.3 Å². The molecule has 0 unspecified atom stereocenters. The quantitative estimate of drug-likeness (QED) is 0.743. The van der Waals surface area contributed by atoms with Crippen molar-refractivity contribution in [2.75, 3.05) is 13.2 Å². The van der Waals surface area contributed by atoms with Crippen LogP contribution >= 0.6 is 0 Å². The molecule has 0 atom stereocenters. The van der Waals surface area contributed by atoms with Gasteiger partial charge in [-0.2, -0.15) is 0 Å². The number of ether oxygens (including phenoxy) is 1. The number of hydrogen-bond acceptors (Lipinski definition) is 3. The Hall–Kier alpha value is -0.610. The van der Waals surface area contributed by atoms with Crippen LogP contribution in [0.5, 0.6) is 0 Å². The second-order valence-corrected chi connectivity index (χ2v) is 5.15. The molecule has 0 aromatic heterocycles. The molecule has 4 heteroatoms. The Kier molecular flexibility index (Phi) is 5.22. The highest BCUT2D eigenvalue weighted by atomic mass is 16.5. The molecule has 0 heterocycles. The van der Waals surface area contributed by atoms with Gasteiger partial charge in [-0.25, -0.2) is 0 Å². The van der Waals surface area contributed by atoms with Crippen molar-refractivity contribution >= 4 is 5.91 Å². The number of carbonyl (C=O) groups excluding carboxylic acids is 1. The van der Waals surface area contributed by atoms with E-state index in [2.05, 4.69) is 5.32 Å². The average Bonchev–Trinajstić information content (AvgIpc) is 2.28. The SMILES string of the molecule is CC(C)(CN)OCC(=O)NC1CCCCC1. The lowest BCUT2D eigenvalue weighted by molar-refractivity contribution is -0.131. The Bertz CT molecular complexity index is 223. The third-order valence-corrected chi connectivity index (χ3v) is 3.06. The van der Waals surface area contributed by atoms with Crippen molar-refractivity contribution in [1.82, 2.24) is 5.32 Å². The van der Waals surface area contributed by atoms with Crippen LogP contribution in [-0.4, -0.2) is 30.7 Å². The normalized spacial score (nSPS) is 18.4. The van der Waals surface area contributed by atoms with Gasteiger partial charge in [-0.1, -0.05) is 19.3 Å². The molecule has 3 N–H and O–H groups in total. The van der Waals surface area contributed by atoms with E-state index in [0.29, 0.717) is 12.6 Å². The molecule has 4 nitrogen and oxygen atoms in total. The fourth-order valence-corrected chi connectivity index (χ4v) is 1.84. The van der Waals surface area contributed by atoms with Crippen LogP contribution in [0.1, 0.15) is 46.0 Å². The molecule has 0 radical (unpaired) electrons. The zero-order chi connectivity index (χ0) is 12.0. The first kappa shape index (κ1) is 13.5. The van der Waals surface area contributed by atoms with E-state index in [1.165, 1.54) is 19.3 Å². The Morgan fingerprint density at radius 2 is 2.00 bits per heavy atom. The molecule has 1 aliphatic carbocycles. The maximum Gasteiger partial charge on any atom is 0.246 e. The molecular weight excluding hydrogens is 204 g/mol. The van der Waals surface area contributed by atoms with Crippen molar-refractivity contribution in [3.63, 3.8) is 0 Å². The van der Waals surface area contributed by atoms with Gasteiger partial charge in [-0.3, -0.25) is 4.79 Å². The molecule has 0 aromatic carbocycles. The third kappa shape index (κ3) is 4.94. The lowest BCUT2D eigenvalue weighted by atomic mass is 9.95. The van der Waals surface area contributed by atoms with Crippen molar-refractivity contribution in [2.24, 2.45) is 5.73 Å². The summed E-state index contributed by atoms with van der Waals surface area (Å²) < 4.78 is 5.44. The largest absolute Gasteiger partial charge is 0.364 e. The zero-order valence-corrected chi connectivity index (χ0v) is 10.4. The monoisotopic (exact) mass is 228 g/mol. The number of carbonyl (C=O) groups is 1. The first-order valence-electron chi connectivity index (χ1n) is 6.17. The highest BCUT2D eigenvalue weighted by Gasteiger charge is 2.20. The van der Waals surface area contributed by atoms with Gasteiger partial charge in [0.1, 0.15) is 6.61 Å². The maximum atomic E-state index is 11.6. The Morgan fingerprint density at radius 1 is 1.38 bits per heavy atom. The van der Waals surface area contributed by atoms with E-state index in [0.717, 1.165) is 12.8 Å². The van der Waals surface area contributed by atoms with Gasteiger partial charge in [0.15, 0.2) is 0 Å². The first-order chi connectivity index (χ1) is 7.53. The van der Waals surface area contributed by atoms with Crippen LogP contribution in [-0.2, 0) is 9.53 Å². The fraction of sp³-hybridized carbons (Fsp3) is 0.917. The molecule has 0 spiro atoms. The van der Waals surface area contributed by atoms with Crippen molar-refractivity contribution < 1.29 is 9.53 Å². The van der Waals surface area contributed by atoms with Crippen LogP contribution in [0.3, 0.4) is 0 Å². The molecule has 1 saturated carbocycles. The summed E-state index contributed by atoms with van der Waals surface area (Å²) in [6, 6.07) is 0.353. The third-order valence-electron chi connectivity index (χ3n) is 3.06. The summed E-state index contributed by atoms with van der Waals surface area (Å²) in [5.74, 6) is -0.0200. The second-order valence-electron chi connectivity index (χ2n) is 5.15. The van der Waals surface area contributed by atoms with Crippen LogP contribution in [0.4, 0.5) is 0 Å². The van der Waals surface area contributed by atoms with Gasteiger partial charge in [0.05, 0.1) is 5.60 Å². The van der Waals surface area contributed by atoms with Crippen LogP contribution in [0.2, 0.25) is 0 Å². The van der Waals surface area contributed by atoms with Gasteiger partial charge in [0.25, 0.3) is 0 Å². The van der Waals surface area contributed by atoms with E-state index in [-0.39, 0.29) is 12.5 Å². The number of rotatable bonds is 5. The predicted molar refractivity (Wildman–Crippen MR) is 64.1 cm³/mol. The number of amides is 1. The Balaban J connectivity index is 2.19. The van der Waals surface area contributed by atoms with E-state index >= 15 is 0 Å². The Morgan fingerprint density at radius 3 is 2.56 bits per heavy atom. The van der Waals surface area contributed by atoms with Gasteiger partial charge >= 0.3 is 0 Å². The van der Waals surface area contributed by atoms with E-state index in [1.54, 1.807) is 0 Å². The molecule has 94 valence electrons. The maximum absolute atomic E-state index is 11.6. The smallest absolute Gasteiger partial charge is 0.246 e. The average molecular weight is 228 g/mol. The van der Waals surface area contributed by atoms with E-state index in [1.807, 2.05) is 13.8 Å². The van der Waals surface area contributed by atoms with Gasteiger partial charge in [-0.05, 0) is 26.7 Å². The highest BCUT2D eigenvalue weighted by Crippen LogP contribution is 2.17. The molecule has 0 saturated heterocycles.